The molecule has 1 aromatic carbocycles. The zero-order valence-electron chi connectivity index (χ0n) is 19.1. The number of hydrogen-bond acceptors (Lipinski definition) is 5. The summed E-state index contributed by atoms with van der Waals surface area (Å²) in [5, 5.41) is 0. The number of ether oxygens (including phenoxy) is 2. The Balaban J connectivity index is 2.45. The summed E-state index contributed by atoms with van der Waals surface area (Å²) in [4.78, 5) is 42.6. The molecule has 1 aliphatic rings. The number of carbonyl (C=O) groups excluding carboxylic acids is 3. The molecule has 0 aromatic heterocycles. The molecule has 7 nitrogen and oxygen atoms in total. The Labute approximate surface area is 179 Å². The third kappa shape index (κ3) is 5.12. The zero-order chi connectivity index (χ0) is 22.6. The van der Waals surface area contributed by atoms with Gasteiger partial charge in [-0.1, -0.05) is 32.9 Å². The lowest BCUT2D eigenvalue weighted by Crippen LogP contribution is -2.69. The molecular formula is C23H34N2O5. The summed E-state index contributed by atoms with van der Waals surface area (Å²) < 4.78 is 10.3. The highest BCUT2D eigenvalue weighted by Crippen LogP contribution is 2.34. The van der Waals surface area contributed by atoms with Gasteiger partial charge in [-0.25, -0.2) is 0 Å². The molecule has 0 bridgehead atoms. The number of rotatable bonds is 7. The smallest absolute Gasteiger partial charge is 0.308 e. The quantitative estimate of drug-likeness (QED) is 0.636. The second-order valence-electron chi connectivity index (χ2n) is 8.95. The van der Waals surface area contributed by atoms with Crippen LogP contribution >= 0.6 is 0 Å². The van der Waals surface area contributed by atoms with Crippen molar-refractivity contribution < 1.29 is 23.9 Å². The molecule has 0 radical (unpaired) electrons. The molecule has 166 valence electrons. The topological polar surface area (TPSA) is 76.1 Å². The molecular weight excluding hydrogens is 384 g/mol. The molecule has 1 fully saturated rings. The first kappa shape index (κ1) is 23.7. The molecule has 0 aliphatic carbocycles. The summed E-state index contributed by atoms with van der Waals surface area (Å²) in [6.07, 6.45) is -0.146. The Kier molecular flexibility index (Phi) is 7.50. The van der Waals surface area contributed by atoms with Crippen molar-refractivity contribution >= 4 is 17.8 Å². The second-order valence-corrected chi connectivity index (χ2v) is 8.95. The maximum absolute atomic E-state index is 13.6. The first-order valence-corrected chi connectivity index (χ1v) is 10.4. The van der Waals surface area contributed by atoms with Crippen molar-refractivity contribution in [1.82, 2.24) is 9.80 Å². The van der Waals surface area contributed by atoms with Crippen molar-refractivity contribution in [3.63, 3.8) is 0 Å². The second kappa shape index (κ2) is 9.49. The van der Waals surface area contributed by atoms with Gasteiger partial charge in [0, 0.05) is 12.6 Å². The highest BCUT2D eigenvalue weighted by Gasteiger charge is 2.51. The van der Waals surface area contributed by atoms with Crippen molar-refractivity contribution in [1.29, 1.82) is 0 Å². The lowest BCUT2D eigenvalue weighted by Gasteiger charge is -2.50. The highest BCUT2D eigenvalue weighted by atomic mass is 16.5. The average molecular weight is 419 g/mol. The van der Waals surface area contributed by atoms with Gasteiger partial charge in [0.2, 0.25) is 11.8 Å². The van der Waals surface area contributed by atoms with Crippen LogP contribution in [0.3, 0.4) is 0 Å². The van der Waals surface area contributed by atoms with E-state index in [2.05, 4.69) is 0 Å². The van der Waals surface area contributed by atoms with E-state index in [1.165, 1.54) is 0 Å². The van der Waals surface area contributed by atoms with Crippen LogP contribution in [0.25, 0.3) is 0 Å². The molecule has 2 atom stereocenters. The summed E-state index contributed by atoms with van der Waals surface area (Å²) in [7, 11) is 1.60. The van der Waals surface area contributed by atoms with Crippen LogP contribution in [0.5, 0.6) is 5.75 Å². The number of nitrogens with zero attached hydrogens (tertiary/aromatic N) is 2. The van der Waals surface area contributed by atoms with E-state index >= 15 is 0 Å². The van der Waals surface area contributed by atoms with Gasteiger partial charge >= 0.3 is 5.97 Å². The van der Waals surface area contributed by atoms with Crippen molar-refractivity contribution in [3.8, 4) is 5.75 Å². The minimum absolute atomic E-state index is 0.139. The van der Waals surface area contributed by atoms with Crippen molar-refractivity contribution in [2.75, 3.05) is 13.7 Å². The summed E-state index contributed by atoms with van der Waals surface area (Å²) in [5.41, 5.74) is 0.417. The first-order valence-electron chi connectivity index (χ1n) is 10.4. The molecule has 0 N–H and O–H groups in total. The lowest BCUT2D eigenvalue weighted by atomic mass is 9.81. The van der Waals surface area contributed by atoms with E-state index in [-0.39, 0.29) is 37.4 Å². The van der Waals surface area contributed by atoms with E-state index in [1.54, 1.807) is 23.8 Å². The van der Waals surface area contributed by atoms with E-state index in [0.717, 1.165) is 11.3 Å². The minimum Gasteiger partial charge on any atom is -0.497 e. The van der Waals surface area contributed by atoms with Crippen LogP contribution in [0.2, 0.25) is 0 Å². The van der Waals surface area contributed by atoms with Crippen LogP contribution in [0.15, 0.2) is 24.3 Å². The third-order valence-corrected chi connectivity index (χ3v) is 5.26. The number of esters is 1. The van der Waals surface area contributed by atoms with Crippen molar-refractivity contribution in [2.24, 2.45) is 5.41 Å². The average Bonchev–Trinajstić information content (AvgIpc) is 2.65. The van der Waals surface area contributed by atoms with Crippen LogP contribution in [-0.4, -0.2) is 59.4 Å². The lowest BCUT2D eigenvalue weighted by molar-refractivity contribution is -0.172. The van der Waals surface area contributed by atoms with Gasteiger partial charge in [-0.05, 0) is 43.9 Å². The van der Waals surface area contributed by atoms with E-state index in [1.807, 2.05) is 58.9 Å². The van der Waals surface area contributed by atoms with Gasteiger partial charge in [0.25, 0.3) is 0 Å². The summed E-state index contributed by atoms with van der Waals surface area (Å²) in [6.45, 7) is 11.8. The Morgan fingerprint density at radius 3 is 2.17 bits per heavy atom. The molecule has 2 amide bonds. The molecule has 1 saturated heterocycles. The molecule has 2 rings (SSSR count). The van der Waals surface area contributed by atoms with Crippen LogP contribution < -0.4 is 4.74 Å². The predicted octanol–water partition coefficient (Wildman–Crippen LogP) is 3.01. The summed E-state index contributed by atoms with van der Waals surface area (Å²) in [6, 6.07) is 5.70. The number of methoxy groups -OCH3 is 1. The zero-order valence-corrected chi connectivity index (χ0v) is 19.1. The van der Waals surface area contributed by atoms with Gasteiger partial charge in [-0.2, -0.15) is 0 Å². The Morgan fingerprint density at radius 2 is 1.70 bits per heavy atom. The molecule has 1 aliphatic heterocycles. The monoisotopic (exact) mass is 418 g/mol. The number of carbonyl (C=O) groups is 3. The number of hydrogen-bond donors (Lipinski definition) is 0. The Morgan fingerprint density at radius 1 is 1.10 bits per heavy atom. The number of piperazine rings is 1. The molecule has 30 heavy (non-hydrogen) atoms. The minimum atomic E-state index is -0.867. The number of amides is 2. The van der Waals surface area contributed by atoms with Gasteiger partial charge in [0.15, 0.2) is 0 Å². The predicted molar refractivity (Wildman–Crippen MR) is 114 cm³/mol. The summed E-state index contributed by atoms with van der Waals surface area (Å²) >= 11 is 0. The maximum Gasteiger partial charge on any atom is 0.308 e. The summed E-state index contributed by atoms with van der Waals surface area (Å²) in [5.74, 6) is -0.127. The van der Waals surface area contributed by atoms with Gasteiger partial charge in [0.1, 0.15) is 17.8 Å². The van der Waals surface area contributed by atoms with Gasteiger partial charge in [0.05, 0.1) is 20.1 Å². The molecule has 1 heterocycles. The van der Waals surface area contributed by atoms with Gasteiger partial charge < -0.3 is 19.3 Å². The fraction of sp³-hybridized carbons (Fsp3) is 0.609. The largest absolute Gasteiger partial charge is 0.497 e. The molecule has 7 heteroatoms. The molecule has 1 aromatic rings. The standard InChI is InChI=1S/C23H34N2O5/c1-8-30-19(26)13-18-21(27)24(14-16-9-11-17(29-7)12-10-16)20(23(4,5)6)22(28)25(18)15(2)3/h9-12,15,18,20H,8,13-14H2,1-7H3/t18-,20-/m1/s1. The first-order chi connectivity index (χ1) is 14.0. The maximum atomic E-state index is 13.6. The van der Waals surface area contributed by atoms with E-state index in [0.29, 0.717) is 0 Å². The SMILES string of the molecule is CCOC(=O)C[C@@H]1C(=O)N(Cc2ccc(OC)cc2)[C@@H](C(C)(C)C)C(=O)N1C(C)C. The van der Waals surface area contributed by atoms with Crippen LogP contribution in [0.4, 0.5) is 0 Å². The van der Waals surface area contributed by atoms with Gasteiger partial charge in [-0.3, -0.25) is 14.4 Å². The van der Waals surface area contributed by atoms with E-state index in [4.69, 9.17) is 9.47 Å². The van der Waals surface area contributed by atoms with E-state index < -0.39 is 23.5 Å². The number of benzene rings is 1. The van der Waals surface area contributed by atoms with E-state index in [9.17, 15) is 14.4 Å². The fourth-order valence-corrected chi connectivity index (χ4v) is 3.98. The fourth-order valence-electron chi connectivity index (χ4n) is 3.98. The molecule has 0 spiro atoms. The molecule has 0 unspecified atom stereocenters. The van der Waals surface area contributed by atoms with Crippen LogP contribution in [0, 0.1) is 5.41 Å². The Hall–Kier alpha value is -2.57. The van der Waals surface area contributed by atoms with Crippen LogP contribution in [-0.2, 0) is 25.7 Å². The third-order valence-electron chi connectivity index (χ3n) is 5.26. The molecule has 0 saturated carbocycles. The Bertz CT molecular complexity index is 767. The van der Waals surface area contributed by atoms with Crippen LogP contribution in [0.1, 0.15) is 53.5 Å². The highest BCUT2D eigenvalue weighted by molar-refractivity contribution is 5.99. The van der Waals surface area contributed by atoms with Crippen molar-refractivity contribution in [3.05, 3.63) is 29.8 Å². The van der Waals surface area contributed by atoms with Crippen molar-refractivity contribution in [2.45, 2.75) is 72.6 Å². The normalized spacial score (nSPS) is 20.0. The van der Waals surface area contributed by atoms with Gasteiger partial charge in [-0.15, -0.1) is 0 Å².